The Labute approximate surface area is 112 Å². The molecular weight excluding hydrogens is 269 g/mol. The lowest BCUT2D eigenvalue weighted by Gasteiger charge is -2.07. The zero-order valence-corrected chi connectivity index (χ0v) is 10.7. The summed E-state index contributed by atoms with van der Waals surface area (Å²) in [7, 11) is 1.62. The summed E-state index contributed by atoms with van der Waals surface area (Å²) in [6.45, 7) is 0. The molecule has 0 saturated heterocycles. The van der Waals surface area contributed by atoms with Crippen molar-refractivity contribution in [3.05, 3.63) is 57.7 Å². The van der Waals surface area contributed by atoms with Gasteiger partial charge in [-0.1, -0.05) is 17.7 Å². The lowest BCUT2D eigenvalue weighted by Crippen LogP contribution is -2.17. The first-order valence-corrected chi connectivity index (χ1v) is 5.95. The highest BCUT2D eigenvalue weighted by Crippen LogP contribution is 2.23. The Morgan fingerprint density at radius 2 is 2.11 bits per heavy atom. The van der Waals surface area contributed by atoms with Crippen LogP contribution < -0.4 is 5.56 Å². The summed E-state index contributed by atoms with van der Waals surface area (Å²) in [5.74, 6) is -0.367. The van der Waals surface area contributed by atoms with Crippen molar-refractivity contribution in [2.45, 2.75) is 0 Å². The highest BCUT2D eigenvalue weighted by atomic mass is 35.5. The minimum absolute atomic E-state index is 0.240. The lowest BCUT2D eigenvalue weighted by atomic mass is 10.3. The van der Waals surface area contributed by atoms with Crippen molar-refractivity contribution in [2.24, 2.45) is 7.05 Å². The lowest BCUT2D eigenvalue weighted by molar-refractivity contribution is 0.625. The molecular formula is C13H9ClFN3O. The van der Waals surface area contributed by atoms with E-state index in [0.717, 1.165) is 0 Å². The molecule has 0 fully saturated rings. The van der Waals surface area contributed by atoms with E-state index in [-0.39, 0.29) is 11.4 Å². The van der Waals surface area contributed by atoms with Gasteiger partial charge in [-0.25, -0.2) is 9.07 Å². The number of aromatic nitrogens is 3. The average molecular weight is 278 g/mol. The van der Waals surface area contributed by atoms with E-state index in [9.17, 15) is 9.18 Å². The number of hydrogen-bond acceptors (Lipinski definition) is 2. The van der Waals surface area contributed by atoms with Gasteiger partial charge in [-0.3, -0.25) is 9.36 Å². The maximum absolute atomic E-state index is 13.3. The van der Waals surface area contributed by atoms with Crippen LogP contribution in [-0.2, 0) is 7.05 Å². The van der Waals surface area contributed by atoms with Gasteiger partial charge >= 0.3 is 0 Å². The first-order chi connectivity index (χ1) is 9.08. The van der Waals surface area contributed by atoms with Gasteiger partial charge in [-0.2, -0.15) is 5.10 Å². The molecule has 0 radical (unpaired) electrons. The van der Waals surface area contributed by atoms with Crippen LogP contribution in [0.15, 0.2) is 41.3 Å². The van der Waals surface area contributed by atoms with Crippen LogP contribution in [0.1, 0.15) is 0 Å². The zero-order valence-electron chi connectivity index (χ0n) is 9.97. The van der Waals surface area contributed by atoms with E-state index in [0.29, 0.717) is 21.7 Å². The molecule has 0 N–H and O–H groups in total. The Bertz CT molecular complexity index is 838. The molecule has 0 saturated carbocycles. The highest BCUT2D eigenvalue weighted by molar-refractivity contribution is 6.35. The first-order valence-electron chi connectivity index (χ1n) is 5.57. The molecule has 3 rings (SSSR count). The number of halogens is 2. The Balaban J connectivity index is 2.41. The largest absolute Gasteiger partial charge is 0.296 e. The van der Waals surface area contributed by atoms with Gasteiger partial charge in [0.1, 0.15) is 11.5 Å². The van der Waals surface area contributed by atoms with Crippen LogP contribution in [0.25, 0.3) is 16.7 Å². The summed E-state index contributed by atoms with van der Waals surface area (Å²) in [5.41, 5.74) is 0.825. The molecule has 0 spiro atoms. The van der Waals surface area contributed by atoms with E-state index in [1.54, 1.807) is 25.4 Å². The fourth-order valence-corrected chi connectivity index (χ4v) is 2.24. The van der Waals surface area contributed by atoms with Crippen LogP contribution in [0.4, 0.5) is 4.39 Å². The van der Waals surface area contributed by atoms with Crippen molar-refractivity contribution in [1.29, 1.82) is 0 Å². The van der Waals surface area contributed by atoms with Gasteiger partial charge in [-0.05, 0) is 18.2 Å². The fraction of sp³-hybridized carbons (Fsp3) is 0.0769. The van der Waals surface area contributed by atoms with Gasteiger partial charge in [-0.15, -0.1) is 0 Å². The topological polar surface area (TPSA) is 39.8 Å². The second-order valence-corrected chi connectivity index (χ2v) is 4.57. The third-order valence-corrected chi connectivity index (χ3v) is 3.27. The molecule has 3 aromatic rings. The number of fused-ring (bicyclic) bond motifs is 1. The number of aryl methyl sites for hydroxylation is 1. The maximum Gasteiger partial charge on any atom is 0.253 e. The summed E-state index contributed by atoms with van der Waals surface area (Å²) in [4.78, 5) is 11.8. The number of hydrogen-bond donors (Lipinski definition) is 0. The smallest absolute Gasteiger partial charge is 0.253 e. The van der Waals surface area contributed by atoms with Crippen LogP contribution in [0.5, 0.6) is 0 Å². The minimum atomic E-state index is -0.367. The van der Waals surface area contributed by atoms with Gasteiger partial charge in [0.25, 0.3) is 5.56 Å². The zero-order chi connectivity index (χ0) is 13.6. The van der Waals surface area contributed by atoms with Crippen LogP contribution in [0.2, 0.25) is 5.02 Å². The van der Waals surface area contributed by atoms with Crippen molar-refractivity contribution in [1.82, 2.24) is 14.3 Å². The molecule has 19 heavy (non-hydrogen) atoms. The van der Waals surface area contributed by atoms with Crippen molar-refractivity contribution in [3.8, 4) is 5.69 Å². The standard InChI is InChI=1S/C13H9ClFN3O/c1-17-12(19)6-11(14)10-7-16-18(13(10)17)9-4-2-3-8(15)5-9/h2-7H,1H3. The fourth-order valence-electron chi connectivity index (χ4n) is 2.02. The Hall–Kier alpha value is -2.14. The molecule has 2 aromatic heterocycles. The molecule has 0 aliphatic heterocycles. The second kappa shape index (κ2) is 4.20. The van der Waals surface area contributed by atoms with E-state index in [2.05, 4.69) is 5.10 Å². The van der Waals surface area contributed by atoms with Crippen molar-refractivity contribution >= 4 is 22.6 Å². The summed E-state index contributed by atoms with van der Waals surface area (Å²) in [6, 6.07) is 7.32. The molecule has 6 heteroatoms. The maximum atomic E-state index is 13.3. The molecule has 4 nitrogen and oxygen atoms in total. The summed E-state index contributed by atoms with van der Waals surface area (Å²) >= 11 is 6.03. The predicted molar refractivity (Wildman–Crippen MR) is 71.3 cm³/mol. The van der Waals surface area contributed by atoms with Crippen molar-refractivity contribution < 1.29 is 4.39 Å². The molecule has 0 amide bonds. The minimum Gasteiger partial charge on any atom is -0.296 e. The van der Waals surface area contributed by atoms with Gasteiger partial charge in [0.2, 0.25) is 0 Å². The molecule has 2 heterocycles. The van der Waals surface area contributed by atoms with E-state index >= 15 is 0 Å². The molecule has 96 valence electrons. The number of rotatable bonds is 1. The van der Waals surface area contributed by atoms with Crippen molar-refractivity contribution in [3.63, 3.8) is 0 Å². The SMILES string of the molecule is Cn1c(=O)cc(Cl)c2cnn(-c3cccc(F)c3)c21. The van der Waals surface area contributed by atoms with Crippen molar-refractivity contribution in [2.75, 3.05) is 0 Å². The van der Waals surface area contributed by atoms with E-state index in [1.807, 2.05) is 0 Å². The van der Waals surface area contributed by atoms with Crippen LogP contribution in [-0.4, -0.2) is 14.3 Å². The predicted octanol–water partition coefficient (Wildman–Crippen LogP) is 2.52. The van der Waals surface area contributed by atoms with Gasteiger partial charge < -0.3 is 0 Å². The molecule has 0 bridgehead atoms. The van der Waals surface area contributed by atoms with Gasteiger partial charge in [0.15, 0.2) is 0 Å². The summed E-state index contributed by atoms with van der Waals surface area (Å²) in [6.07, 6.45) is 1.56. The van der Waals surface area contributed by atoms with E-state index in [4.69, 9.17) is 11.6 Å². The highest BCUT2D eigenvalue weighted by Gasteiger charge is 2.12. The number of pyridine rings is 1. The molecule has 0 aliphatic rings. The average Bonchev–Trinajstić information content (AvgIpc) is 2.81. The monoisotopic (exact) mass is 277 g/mol. The molecule has 0 atom stereocenters. The van der Waals surface area contributed by atoms with Gasteiger partial charge in [0, 0.05) is 13.1 Å². The normalized spacial score (nSPS) is 11.1. The van der Waals surface area contributed by atoms with Crippen LogP contribution >= 0.6 is 11.6 Å². The number of nitrogens with zero attached hydrogens (tertiary/aromatic N) is 3. The third-order valence-electron chi connectivity index (χ3n) is 2.95. The Morgan fingerprint density at radius 1 is 1.32 bits per heavy atom. The van der Waals surface area contributed by atoms with Crippen LogP contribution in [0.3, 0.4) is 0 Å². The summed E-state index contributed by atoms with van der Waals surface area (Å²) in [5, 5.41) is 5.16. The summed E-state index contributed by atoms with van der Waals surface area (Å²) < 4.78 is 16.2. The Morgan fingerprint density at radius 3 is 2.84 bits per heavy atom. The Kier molecular flexibility index (Phi) is 2.64. The second-order valence-electron chi connectivity index (χ2n) is 4.16. The quantitative estimate of drug-likeness (QED) is 0.686. The van der Waals surface area contributed by atoms with Gasteiger partial charge in [0.05, 0.1) is 22.3 Å². The first kappa shape index (κ1) is 11.9. The van der Waals surface area contributed by atoms with E-state index in [1.165, 1.54) is 27.4 Å². The van der Waals surface area contributed by atoms with E-state index < -0.39 is 0 Å². The van der Waals surface area contributed by atoms with Crippen LogP contribution in [0, 0.1) is 5.82 Å². The molecule has 0 aliphatic carbocycles. The molecule has 1 aromatic carbocycles. The third kappa shape index (κ3) is 1.82. The molecule has 0 unspecified atom stereocenters. The number of benzene rings is 1.